The van der Waals surface area contributed by atoms with Crippen LogP contribution in [-0.4, -0.2) is 52.1 Å². The molecule has 2 aliphatic heterocycles. The number of rotatable bonds is 4. The van der Waals surface area contributed by atoms with E-state index >= 15 is 0 Å². The number of thiazole rings is 1. The fourth-order valence-electron chi connectivity index (χ4n) is 3.75. The molecule has 2 aromatic rings. The van der Waals surface area contributed by atoms with Crippen molar-refractivity contribution in [2.75, 3.05) is 31.9 Å². The molecule has 6 nitrogen and oxygen atoms in total. The molecule has 4 rings (SSSR count). The van der Waals surface area contributed by atoms with E-state index in [9.17, 15) is 9.59 Å². The summed E-state index contributed by atoms with van der Waals surface area (Å²) in [4.78, 5) is 31.6. The van der Waals surface area contributed by atoms with E-state index in [0.29, 0.717) is 21.9 Å². The molecule has 0 saturated carbocycles. The zero-order valence-electron chi connectivity index (χ0n) is 14.5. The molecule has 2 saturated heterocycles. The summed E-state index contributed by atoms with van der Waals surface area (Å²) in [6, 6.07) is 1.56. The summed E-state index contributed by atoms with van der Waals surface area (Å²) in [5.41, 5.74) is 1.13. The van der Waals surface area contributed by atoms with E-state index < -0.39 is 0 Å². The van der Waals surface area contributed by atoms with Crippen LogP contribution in [0.1, 0.15) is 25.0 Å². The first-order valence-electron chi connectivity index (χ1n) is 8.67. The van der Waals surface area contributed by atoms with Gasteiger partial charge in [0.05, 0.1) is 11.4 Å². The Morgan fingerprint density at radius 1 is 1.35 bits per heavy atom. The lowest BCUT2D eigenvalue weighted by atomic mass is 9.78. The summed E-state index contributed by atoms with van der Waals surface area (Å²) >= 11 is 2.99. The number of carbonyl (C=O) groups excluding carboxylic acids is 1. The second-order valence-corrected chi connectivity index (χ2v) is 8.80. The molecule has 1 N–H and O–H groups in total. The van der Waals surface area contributed by atoms with Crippen molar-refractivity contribution in [3.8, 4) is 0 Å². The molecule has 2 fully saturated rings. The Morgan fingerprint density at radius 3 is 2.88 bits per heavy atom. The highest BCUT2D eigenvalue weighted by atomic mass is 35.5. The summed E-state index contributed by atoms with van der Waals surface area (Å²) in [6.07, 6.45) is 5.21. The lowest BCUT2D eigenvalue weighted by molar-refractivity contribution is -0.130. The van der Waals surface area contributed by atoms with Crippen molar-refractivity contribution in [1.29, 1.82) is 0 Å². The third-order valence-electron chi connectivity index (χ3n) is 5.34. The molecule has 26 heavy (non-hydrogen) atoms. The van der Waals surface area contributed by atoms with Gasteiger partial charge in [0.1, 0.15) is 0 Å². The lowest BCUT2D eigenvalue weighted by Crippen LogP contribution is -2.44. The van der Waals surface area contributed by atoms with E-state index in [-0.39, 0.29) is 23.9 Å². The van der Waals surface area contributed by atoms with Gasteiger partial charge in [0.25, 0.3) is 5.56 Å². The van der Waals surface area contributed by atoms with Crippen molar-refractivity contribution in [1.82, 2.24) is 19.6 Å². The molecule has 1 amide bonds. The minimum Gasteiger partial charge on any atom is -0.342 e. The highest BCUT2D eigenvalue weighted by Gasteiger charge is 2.37. The van der Waals surface area contributed by atoms with Crippen LogP contribution in [0.5, 0.6) is 0 Å². The Morgan fingerprint density at radius 2 is 2.15 bits per heavy atom. The minimum atomic E-state index is -0.0559. The van der Waals surface area contributed by atoms with Crippen molar-refractivity contribution in [3.63, 3.8) is 0 Å². The molecule has 4 heterocycles. The largest absolute Gasteiger partial charge is 0.342 e. The number of nitrogens with one attached hydrogen (secondary N) is 1. The van der Waals surface area contributed by atoms with Gasteiger partial charge >= 0.3 is 0 Å². The monoisotopic (exact) mass is 414 g/mol. The van der Waals surface area contributed by atoms with Gasteiger partial charge in [-0.05, 0) is 31.2 Å². The van der Waals surface area contributed by atoms with Gasteiger partial charge in [-0.25, -0.2) is 4.98 Å². The van der Waals surface area contributed by atoms with Crippen LogP contribution >= 0.6 is 35.5 Å². The summed E-state index contributed by atoms with van der Waals surface area (Å²) < 4.78 is 1.55. The molecule has 0 bridgehead atoms. The fourth-order valence-corrected chi connectivity index (χ4v) is 5.30. The summed E-state index contributed by atoms with van der Waals surface area (Å²) in [7, 11) is 0. The first kappa shape index (κ1) is 19.7. The van der Waals surface area contributed by atoms with Crippen molar-refractivity contribution in [2.24, 2.45) is 5.41 Å². The number of hydrogen-bond donors (Lipinski definition) is 1. The molecule has 142 valence electrons. The predicted molar refractivity (Wildman–Crippen MR) is 108 cm³/mol. The van der Waals surface area contributed by atoms with Gasteiger partial charge in [-0.1, -0.05) is 0 Å². The molecule has 0 atom stereocenters. The molecule has 2 aliphatic rings. The molecule has 0 unspecified atom stereocenters. The maximum Gasteiger partial charge on any atom is 0.258 e. The quantitative estimate of drug-likeness (QED) is 0.828. The van der Waals surface area contributed by atoms with Crippen molar-refractivity contribution in [2.45, 2.75) is 25.0 Å². The fraction of sp³-hybridized carbons (Fsp3) is 0.588. The second kappa shape index (κ2) is 8.29. The number of hydrogen-bond acceptors (Lipinski definition) is 6. The summed E-state index contributed by atoms with van der Waals surface area (Å²) in [5, 5.41) is 5.31. The van der Waals surface area contributed by atoms with Gasteiger partial charge in [0.15, 0.2) is 4.96 Å². The zero-order valence-corrected chi connectivity index (χ0v) is 16.9. The van der Waals surface area contributed by atoms with E-state index in [0.717, 1.165) is 44.7 Å². The van der Waals surface area contributed by atoms with Crippen LogP contribution in [0.3, 0.4) is 0 Å². The number of thioether (sulfide) groups is 1. The standard InChI is InChI=1S/C17H22N4O2S2.ClH/c22-14-9-13(19-16-21(14)7-8-25-16)10-24-11-15(23)20-5-2-17(3-6-20)1-4-18-12-17;/h7-9,18H,1-6,10-12H2;1H. The van der Waals surface area contributed by atoms with Gasteiger partial charge in [0.2, 0.25) is 5.91 Å². The van der Waals surface area contributed by atoms with Crippen LogP contribution in [0, 0.1) is 5.41 Å². The second-order valence-electron chi connectivity index (χ2n) is 6.94. The van der Waals surface area contributed by atoms with Crippen molar-refractivity contribution >= 4 is 46.4 Å². The molecule has 9 heteroatoms. The number of carbonyl (C=O) groups is 1. The Kier molecular flexibility index (Phi) is 6.27. The van der Waals surface area contributed by atoms with Crippen LogP contribution in [0.4, 0.5) is 0 Å². The molecule has 0 aromatic carbocycles. The topological polar surface area (TPSA) is 66.7 Å². The SMILES string of the molecule is Cl.O=C(CSCc1cc(=O)n2ccsc2n1)N1CCC2(CCNC2)CC1. The highest BCUT2D eigenvalue weighted by molar-refractivity contribution is 7.99. The van der Waals surface area contributed by atoms with Crippen molar-refractivity contribution in [3.05, 3.63) is 33.7 Å². The lowest BCUT2D eigenvalue weighted by Gasteiger charge is -2.38. The third-order valence-corrected chi connectivity index (χ3v) is 7.05. The molecule has 2 aromatic heterocycles. The van der Waals surface area contributed by atoms with Gasteiger partial charge in [-0.2, -0.15) is 0 Å². The highest BCUT2D eigenvalue weighted by Crippen LogP contribution is 2.37. The van der Waals surface area contributed by atoms with Gasteiger partial charge < -0.3 is 10.2 Å². The Balaban J connectivity index is 0.00000196. The number of nitrogens with zero attached hydrogens (tertiary/aromatic N) is 3. The average Bonchev–Trinajstić information content (AvgIpc) is 3.25. The van der Waals surface area contributed by atoms with Crippen LogP contribution in [0.25, 0.3) is 4.96 Å². The average molecular weight is 415 g/mol. The number of halogens is 1. The molecule has 0 radical (unpaired) electrons. The predicted octanol–water partition coefficient (Wildman–Crippen LogP) is 2.01. The maximum absolute atomic E-state index is 12.4. The Hall–Kier alpha value is -1.09. The number of aromatic nitrogens is 2. The Bertz CT molecular complexity index is 822. The van der Waals surface area contributed by atoms with Crippen molar-refractivity contribution < 1.29 is 4.79 Å². The third kappa shape index (κ3) is 4.08. The van der Waals surface area contributed by atoms with Gasteiger partial charge in [-0.3, -0.25) is 14.0 Å². The smallest absolute Gasteiger partial charge is 0.258 e. The number of piperidine rings is 1. The van der Waals surface area contributed by atoms with Crippen LogP contribution < -0.4 is 10.9 Å². The van der Waals surface area contributed by atoms with E-state index in [1.165, 1.54) is 17.8 Å². The van der Waals surface area contributed by atoms with E-state index in [2.05, 4.69) is 10.3 Å². The van der Waals surface area contributed by atoms with Crippen LogP contribution in [-0.2, 0) is 10.5 Å². The number of likely N-dealkylation sites (tertiary alicyclic amines) is 1. The molecular weight excluding hydrogens is 392 g/mol. The Labute approximate surface area is 166 Å². The van der Waals surface area contributed by atoms with Gasteiger partial charge in [-0.15, -0.1) is 35.5 Å². The molecular formula is C17H23ClN4O2S2. The summed E-state index contributed by atoms with van der Waals surface area (Å²) in [5.74, 6) is 1.26. The maximum atomic E-state index is 12.4. The van der Waals surface area contributed by atoms with E-state index in [4.69, 9.17) is 0 Å². The normalized spacial score (nSPS) is 19.0. The first-order valence-corrected chi connectivity index (χ1v) is 10.7. The van der Waals surface area contributed by atoms with E-state index in [1.807, 2.05) is 10.3 Å². The molecule has 1 spiro atoms. The number of amides is 1. The summed E-state index contributed by atoms with van der Waals surface area (Å²) in [6.45, 7) is 3.98. The van der Waals surface area contributed by atoms with Gasteiger partial charge in [0, 0.05) is 43.0 Å². The zero-order chi connectivity index (χ0) is 17.3. The van der Waals surface area contributed by atoms with E-state index in [1.54, 1.807) is 28.4 Å². The first-order chi connectivity index (χ1) is 12.2. The van der Waals surface area contributed by atoms with Crippen LogP contribution in [0.2, 0.25) is 0 Å². The van der Waals surface area contributed by atoms with Crippen LogP contribution in [0.15, 0.2) is 22.4 Å². The minimum absolute atomic E-state index is 0. The number of fused-ring (bicyclic) bond motifs is 1. The molecule has 0 aliphatic carbocycles.